The van der Waals surface area contributed by atoms with Crippen molar-refractivity contribution in [2.24, 2.45) is 16.5 Å². The lowest BCUT2D eigenvalue weighted by molar-refractivity contribution is -0.220. The molecular weight excluding hydrogens is 274 g/mol. The first-order chi connectivity index (χ1) is 10.0. The number of hydrogen-bond donors (Lipinski definition) is 3. The Morgan fingerprint density at radius 3 is 2.43 bits per heavy atom. The Hall–Kier alpha value is -0.890. The first-order valence-electron chi connectivity index (χ1n) is 7.63. The lowest BCUT2D eigenvalue weighted by Gasteiger charge is -2.33. The lowest BCUT2D eigenvalue weighted by Crippen LogP contribution is -2.43. The quantitative estimate of drug-likeness (QED) is 0.469. The average Bonchev–Trinajstić information content (AvgIpc) is 2.46. The second-order valence-electron chi connectivity index (χ2n) is 4.67. The minimum absolute atomic E-state index is 0.0648. The van der Waals surface area contributed by atoms with E-state index in [0.29, 0.717) is 26.2 Å². The monoisotopic (exact) mass is 305 g/mol. The number of hydrogen-bond acceptors (Lipinski definition) is 5. The molecule has 1 rings (SSSR count). The summed E-state index contributed by atoms with van der Waals surface area (Å²) in [6.45, 7) is 8.49. The second-order valence-corrected chi connectivity index (χ2v) is 4.67. The molecule has 7 heteroatoms. The highest BCUT2D eigenvalue weighted by atomic mass is 16.6. The highest BCUT2D eigenvalue weighted by Crippen LogP contribution is 2.21. The van der Waals surface area contributed by atoms with E-state index in [1.54, 1.807) is 0 Å². The summed E-state index contributed by atoms with van der Waals surface area (Å²) in [5.41, 5.74) is 10.0. The van der Waals surface area contributed by atoms with E-state index in [9.17, 15) is 5.11 Å². The maximum absolute atomic E-state index is 9.33. The molecule has 1 aliphatic rings. The van der Waals surface area contributed by atoms with Crippen molar-refractivity contribution in [3.63, 3.8) is 0 Å². The predicted octanol–water partition coefficient (Wildman–Crippen LogP) is 0.595. The zero-order valence-corrected chi connectivity index (χ0v) is 13.5. The molecule has 3 unspecified atom stereocenters. The summed E-state index contributed by atoms with van der Waals surface area (Å²) in [6.07, 6.45) is 1.77. The SMILES string of the molecule is CCCN=C(N)N.CCOCC1OC(O)CCC1OCC. The minimum Gasteiger partial charge on any atom is -0.379 e. The molecule has 7 nitrogen and oxygen atoms in total. The van der Waals surface area contributed by atoms with E-state index < -0.39 is 6.29 Å². The van der Waals surface area contributed by atoms with Gasteiger partial charge in [-0.3, -0.25) is 4.99 Å². The normalized spacial score (nSPS) is 24.9. The maximum atomic E-state index is 9.33. The third-order valence-corrected chi connectivity index (χ3v) is 2.83. The molecule has 0 aromatic carbocycles. The second kappa shape index (κ2) is 12.8. The zero-order chi connectivity index (χ0) is 16.1. The average molecular weight is 305 g/mol. The number of aliphatic hydroxyl groups excluding tert-OH is 1. The Balaban J connectivity index is 0.000000486. The van der Waals surface area contributed by atoms with Crippen LogP contribution in [0.4, 0.5) is 0 Å². The third-order valence-electron chi connectivity index (χ3n) is 2.83. The van der Waals surface area contributed by atoms with Gasteiger partial charge in [-0.25, -0.2) is 0 Å². The van der Waals surface area contributed by atoms with Crippen molar-refractivity contribution in [2.45, 2.75) is 58.5 Å². The Morgan fingerprint density at radius 2 is 1.95 bits per heavy atom. The van der Waals surface area contributed by atoms with Gasteiger partial charge in [0.1, 0.15) is 6.10 Å². The van der Waals surface area contributed by atoms with Gasteiger partial charge in [0.05, 0.1) is 12.7 Å². The summed E-state index contributed by atoms with van der Waals surface area (Å²) < 4.78 is 16.2. The number of guanidine groups is 1. The van der Waals surface area contributed by atoms with Crippen LogP contribution in [0.15, 0.2) is 4.99 Å². The minimum atomic E-state index is -0.655. The van der Waals surface area contributed by atoms with Crippen molar-refractivity contribution in [1.82, 2.24) is 0 Å². The largest absolute Gasteiger partial charge is 0.379 e. The van der Waals surface area contributed by atoms with Crippen LogP contribution in [0, 0.1) is 0 Å². The van der Waals surface area contributed by atoms with Crippen molar-refractivity contribution in [3.05, 3.63) is 0 Å². The molecule has 0 aromatic heterocycles. The number of ether oxygens (including phenoxy) is 3. The van der Waals surface area contributed by atoms with Crippen LogP contribution in [0.5, 0.6) is 0 Å². The van der Waals surface area contributed by atoms with Crippen LogP contribution in [0.2, 0.25) is 0 Å². The highest BCUT2D eigenvalue weighted by molar-refractivity contribution is 5.75. The van der Waals surface area contributed by atoms with E-state index in [1.807, 2.05) is 20.8 Å². The van der Waals surface area contributed by atoms with Gasteiger partial charge in [0.2, 0.25) is 0 Å². The Morgan fingerprint density at radius 1 is 1.24 bits per heavy atom. The van der Waals surface area contributed by atoms with Crippen LogP contribution in [-0.2, 0) is 14.2 Å². The summed E-state index contributed by atoms with van der Waals surface area (Å²) in [5, 5.41) is 9.33. The van der Waals surface area contributed by atoms with Crippen LogP contribution in [0.25, 0.3) is 0 Å². The van der Waals surface area contributed by atoms with Crippen molar-refractivity contribution in [3.8, 4) is 0 Å². The number of nitrogens with zero attached hydrogens (tertiary/aromatic N) is 1. The summed E-state index contributed by atoms with van der Waals surface area (Å²) in [4.78, 5) is 3.72. The van der Waals surface area contributed by atoms with Gasteiger partial charge < -0.3 is 30.8 Å². The fraction of sp³-hybridized carbons (Fsp3) is 0.929. The summed E-state index contributed by atoms with van der Waals surface area (Å²) in [5.74, 6) is 0.182. The molecule has 21 heavy (non-hydrogen) atoms. The molecule has 1 saturated heterocycles. The van der Waals surface area contributed by atoms with Crippen LogP contribution in [0.3, 0.4) is 0 Å². The molecule has 0 radical (unpaired) electrons. The topological polar surface area (TPSA) is 112 Å². The van der Waals surface area contributed by atoms with Crippen LogP contribution in [0.1, 0.15) is 40.0 Å². The van der Waals surface area contributed by atoms with Crippen molar-refractivity contribution in [1.29, 1.82) is 0 Å². The van der Waals surface area contributed by atoms with Crippen molar-refractivity contribution in [2.75, 3.05) is 26.4 Å². The number of nitrogens with two attached hydrogens (primary N) is 2. The predicted molar refractivity (Wildman–Crippen MR) is 83.0 cm³/mol. The third kappa shape index (κ3) is 10.5. The molecule has 3 atom stereocenters. The van der Waals surface area contributed by atoms with E-state index in [2.05, 4.69) is 4.99 Å². The molecular formula is C14H31N3O4. The molecule has 5 N–H and O–H groups in total. The smallest absolute Gasteiger partial charge is 0.185 e. The van der Waals surface area contributed by atoms with Gasteiger partial charge in [0.15, 0.2) is 12.2 Å². The first-order valence-corrected chi connectivity index (χ1v) is 7.63. The van der Waals surface area contributed by atoms with Crippen molar-refractivity contribution < 1.29 is 19.3 Å². The molecule has 0 saturated carbocycles. The van der Waals surface area contributed by atoms with Gasteiger partial charge in [0.25, 0.3) is 0 Å². The zero-order valence-electron chi connectivity index (χ0n) is 13.5. The van der Waals surface area contributed by atoms with E-state index in [4.69, 9.17) is 25.7 Å². The van der Waals surface area contributed by atoms with Crippen LogP contribution in [-0.4, -0.2) is 55.9 Å². The molecule has 0 spiro atoms. The molecule has 0 aromatic rings. The molecule has 1 fully saturated rings. The molecule has 0 amide bonds. The Labute approximate surface area is 127 Å². The fourth-order valence-electron chi connectivity index (χ4n) is 1.88. The summed E-state index contributed by atoms with van der Waals surface area (Å²) in [7, 11) is 0. The van der Waals surface area contributed by atoms with E-state index >= 15 is 0 Å². The number of rotatable bonds is 7. The van der Waals surface area contributed by atoms with Gasteiger partial charge in [-0.1, -0.05) is 6.92 Å². The number of aliphatic imine (C=N–C) groups is 1. The van der Waals surface area contributed by atoms with Crippen LogP contribution >= 0.6 is 0 Å². The Kier molecular flexibility index (Phi) is 12.3. The Bertz CT molecular complexity index is 273. The standard InChI is InChI=1S/C10H20O4.C4H11N3/c1-3-12-7-9-8(13-4-2)5-6-10(11)14-9;1-2-3-7-4(5)6/h8-11H,3-7H2,1-2H3;2-3H2,1H3,(H4,5,6,7). The molecule has 1 heterocycles. The van der Waals surface area contributed by atoms with E-state index in [0.717, 1.165) is 19.4 Å². The van der Waals surface area contributed by atoms with Gasteiger partial charge in [-0.05, 0) is 26.7 Å². The van der Waals surface area contributed by atoms with Gasteiger partial charge in [0, 0.05) is 26.2 Å². The molecule has 0 bridgehead atoms. The molecule has 126 valence electrons. The maximum Gasteiger partial charge on any atom is 0.185 e. The van der Waals surface area contributed by atoms with E-state index in [-0.39, 0.29) is 18.2 Å². The number of aliphatic hydroxyl groups is 1. The fourth-order valence-corrected chi connectivity index (χ4v) is 1.88. The van der Waals surface area contributed by atoms with Crippen molar-refractivity contribution >= 4 is 5.96 Å². The summed E-state index contributed by atoms with van der Waals surface area (Å²) >= 11 is 0. The highest BCUT2D eigenvalue weighted by Gasteiger charge is 2.30. The first kappa shape index (κ1) is 20.1. The summed E-state index contributed by atoms with van der Waals surface area (Å²) in [6, 6.07) is 0. The van der Waals surface area contributed by atoms with Crippen LogP contribution < -0.4 is 11.5 Å². The van der Waals surface area contributed by atoms with Gasteiger partial charge in [-0.2, -0.15) is 0 Å². The van der Waals surface area contributed by atoms with Gasteiger partial charge in [-0.15, -0.1) is 0 Å². The van der Waals surface area contributed by atoms with Gasteiger partial charge >= 0.3 is 0 Å². The molecule has 0 aliphatic carbocycles. The molecule has 1 aliphatic heterocycles. The van der Waals surface area contributed by atoms with E-state index in [1.165, 1.54) is 0 Å². The lowest BCUT2D eigenvalue weighted by atomic mass is 10.1.